The van der Waals surface area contributed by atoms with Crippen LogP contribution in [-0.4, -0.2) is 56.8 Å². The molecule has 136 valence electrons. The maximum absolute atomic E-state index is 5.36. The smallest absolute Gasteiger partial charge is 0.103 e. The number of hydrogen-bond donors (Lipinski definition) is 0. The zero-order valence-electron chi connectivity index (χ0n) is 15.4. The molecule has 0 aliphatic carbocycles. The van der Waals surface area contributed by atoms with Crippen LogP contribution in [0.3, 0.4) is 0 Å². The molecule has 2 saturated heterocycles. The third-order valence-corrected chi connectivity index (χ3v) is 6.00. The van der Waals surface area contributed by atoms with Crippen molar-refractivity contribution in [1.82, 2.24) is 24.5 Å². The van der Waals surface area contributed by atoms with Gasteiger partial charge in [-0.25, -0.2) is 4.68 Å². The average Bonchev–Trinajstić information content (AvgIpc) is 3.19. The third-order valence-electron chi connectivity index (χ3n) is 6.00. The molecule has 1 aromatic carbocycles. The Kier molecular flexibility index (Phi) is 3.83. The van der Waals surface area contributed by atoms with Crippen LogP contribution in [0.25, 0.3) is 16.6 Å². The molecule has 2 aliphatic heterocycles. The number of nitrogens with zero attached hydrogens (tertiary/aromatic N) is 5. The van der Waals surface area contributed by atoms with Crippen LogP contribution in [0.5, 0.6) is 0 Å². The molecule has 26 heavy (non-hydrogen) atoms. The molecule has 0 atom stereocenters. The molecule has 2 fully saturated rings. The van der Waals surface area contributed by atoms with E-state index in [0.29, 0.717) is 12.0 Å². The lowest BCUT2D eigenvalue weighted by atomic mass is 9.85. The van der Waals surface area contributed by atoms with Crippen LogP contribution < -0.4 is 0 Å². The third kappa shape index (κ3) is 2.64. The summed E-state index contributed by atoms with van der Waals surface area (Å²) in [6, 6.07) is 5.31. The van der Waals surface area contributed by atoms with E-state index in [2.05, 4.69) is 34.2 Å². The van der Waals surface area contributed by atoms with Crippen molar-refractivity contribution in [2.24, 2.45) is 7.05 Å². The molecule has 0 radical (unpaired) electrons. The molecule has 4 heterocycles. The zero-order chi connectivity index (χ0) is 17.7. The normalized spacial score (nSPS) is 19.9. The van der Waals surface area contributed by atoms with Crippen LogP contribution in [-0.2, 0) is 11.8 Å². The molecule has 0 spiro atoms. The number of hydrogen-bond acceptors (Lipinski definition) is 4. The number of aryl methyl sites for hydroxylation is 2. The van der Waals surface area contributed by atoms with E-state index in [1.54, 1.807) is 0 Å². The number of rotatable bonds is 3. The highest BCUT2D eigenvalue weighted by Crippen LogP contribution is 2.34. The van der Waals surface area contributed by atoms with E-state index in [0.717, 1.165) is 18.9 Å². The molecule has 2 aromatic heterocycles. The molecule has 0 amide bonds. The van der Waals surface area contributed by atoms with E-state index in [4.69, 9.17) is 4.74 Å². The lowest BCUT2D eigenvalue weighted by Gasteiger charge is -2.41. The van der Waals surface area contributed by atoms with Gasteiger partial charge in [-0.1, -0.05) is 0 Å². The predicted molar refractivity (Wildman–Crippen MR) is 101 cm³/mol. The lowest BCUT2D eigenvalue weighted by molar-refractivity contribution is -0.0712. The summed E-state index contributed by atoms with van der Waals surface area (Å²) in [5.74, 6) is 0.633. The molecule has 0 unspecified atom stereocenters. The number of aromatic nitrogens is 4. The Morgan fingerprint density at radius 3 is 2.54 bits per heavy atom. The van der Waals surface area contributed by atoms with Crippen molar-refractivity contribution in [2.45, 2.75) is 31.7 Å². The minimum Gasteiger partial charge on any atom is -0.378 e. The van der Waals surface area contributed by atoms with E-state index in [-0.39, 0.29) is 0 Å². The zero-order valence-corrected chi connectivity index (χ0v) is 15.4. The van der Waals surface area contributed by atoms with Gasteiger partial charge in [0.05, 0.1) is 43.4 Å². The van der Waals surface area contributed by atoms with Crippen molar-refractivity contribution in [2.75, 3.05) is 26.3 Å². The molecule has 6 nitrogen and oxygen atoms in total. The molecule has 0 bridgehead atoms. The minimum atomic E-state index is 0.633. The van der Waals surface area contributed by atoms with Gasteiger partial charge in [0.25, 0.3) is 0 Å². The van der Waals surface area contributed by atoms with Gasteiger partial charge in [-0.05, 0) is 62.0 Å². The largest absolute Gasteiger partial charge is 0.378 e. The Labute approximate surface area is 153 Å². The summed E-state index contributed by atoms with van der Waals surface area (Å²) in [5.41, 5.74) is 5.05. The Bertz CT molecular complexity index is 931. The van der Waals surface area contributed by atoms with Gasteiger partial charge in [0.15, 0.2) is 0 Å². The average molecular weight is 351 g/mol. The highest BCUT2D eigenvalue weighted by atomic mass is 16.5. The van der Waals surface area contributed by atoms with Crippen LogP contribution in [0.4, 0.5) is 0 Å². The molecule has 2 aliphatic rings. The Morgan fingerprint density at radius 2 is 1.88 bits per heavy atom. The van der Waals surface area contributed by atoms with Crippen molar-refractivity contribution in [3.8, 4) is 5.69 Å². The van der Waals surface area contributed by atoms with Crippen molar-refractivity contribution >= 4 is 10.9 Å². The van der Waals surface area contributed by atoms with E-state index >= 15 is 0 Å². The first-order valence-electron chi connectivity index (χ1n) is 9.48. The first-order valence-corrected chi connectivity index (χ1v) is 9.48. The van der Waals surface area contributed by atoms with Crippen LogP contribution in [0, 0.1) is 6.92 Å². The molecule has 0 N–H and O–H groups in total. The maximum Gasteiger partial charge on any atom is 0.103 e. The minimum absolute atomic E-state index is 0.633. The van der Waals surface area contributed by atoms with Gasteiger partial charge >= 0.3 is 0 Å². The molecule has 0 saturated carbocycles. The fourth-order valence-electron chi connectivity index (χ4n) is 4.38. The number of ether oxygens (including phenoxy) is 1. The number of likely N-dealkylation sites (tertiary alicyclic amines) is 1. The van der Waals surface area contributed by atoms with E-state index < -0.39 is 0 Å². The fourth-order valence-corrected chi connectivity index (χ4v) is 4.38. The maximum atomic E-state index is 5.36. The topological polar surface area (TPSA) is 48.1 Å². The quantitative estimate of drug-likeness (QED) is 0.728. The molecule has 6 heteroatoms. The highest BCUT2D eigenvalue weighted by Gasteiger charge is 2.30. The summed E-state index contributed by atoms with van der Waals surface area (Å²) in [7, 11) is 1.94. The van der Waals surface area contributed by atoms with Gasteiger partial charge in [0, 0.05) is 12.4 Å². The summed E-state index contributed by atoms with van der Waals surface area (Å²) in [6.45, 7) is 6.43. The van der Waals surface area contributed by atoms with Crippen LogP contribution >= 0.6 is 0 Å². The summed E-state index contributed by atoms with van der Waals surface area (Å²) < 4.78 is 9.18. The highest BCUT2D eigenvalue weighted by molar-refractivity contribution is 5.82. The molecule has 3 aromatic rings. The van der Waals surface area contributed by atoms with Crippen molar-refractivity contribution in [3.63, 3.8) is 0 Å². The van der Waals surface area contributed by atoms with E-state index in [1.165, 1.54) is 48.0 Å². The van der Waals surface area contributed by atoms with Gasteiger partial charge in [-0.3, -0.25) is 9.58 Å². The van der Waals surface area contributed by atoms with Gasteiger partial charge in [-0.2, -0.15) is 10.2 Å². The van der Waals surface area contributed by atoms with Crippen LogP contribution in [0.15, 0.2) is 30.7 Å². The standard InChI is InChI=1S/C20H25N5O/c1-14-7-16-9-22-25(17-10-21-23(2)11-17)20(16)8-19(14)15-3-5-24(6-4-15)18-12-26-13-18/h7-11,15,18H,3-6,12-13H2,1-2H3. The van der Waals surface area contributed by atoms with Crippen molar-refractivity contribution < 1.29 is 4.74 Å². The molecular formula is C20H25N5O. The SMILES string of the molecule is Cc1cc2cnn(-c3cnn(C)c3)c2cc1C1CCN(C2COC2)CC1. The Hall–Kier alpha value is -2.18. The molecular weight excluding hydrogens is 326 g/mol. The summed E-state index contributed by atoms with van der Waals surface area (Å²) in [4.78, 5) is 2.60. The first-order chi connectivity index (χ1) is 12.7. The number of piperidine rings is 1. The van der Waals surface area contributed by atoms with Gasteiger partial charge in [0.2, 0.25) is 0 Å². The first kappa shape index (κ1) is 16.0. The summed E-state index contributed by atoms with van der Waals surface area (Å²) in [5, 5.41) is 10.1. The van der Waals surface area contributed by atoms with E-state index in [9.17, 15) is 0 Å². The fraction of sp³-hybridized carbons (Fsp3) is 0.500. The number of fused-ring (bicyclic) bond motifs is 1. The summed E-state index contributed by atoms with van der Waals surface area (Å²) >= 11 is 0. The Balaban J connectivity index is 1.45. The predicted octanol–water partition coefficient (Wildman–Crippen LogP) is 2.65. The van der Waals surface area contributed by atoms with Gasteiger partial charge in [0.1, 0.15) is 5.69 Å². The second kappa shape index (κ2) is 6.21. The van der Waals surface area contributed by atoms with Crippen molar-refractivity contribution in [3.05, 3.63) is 41.9 Å². The van der Waals surface area contributed by atoms with Gasteiger partial charge in [-0.15, -0.1) is 0 Å². The van der Waals surface area contributed by atoms with Gasteiger partial charge < -0.3 is 4.74 Å². The second-order valence-electron chi connectivity index (χ2n) is 7.70. The monoisotopic (exact) mass is 351 g/mol. The van der Waals surface area contributed by atoms with Crippen LogP contribution in [0.1, 0.15) is 29.9 Å². The van der Waals surface area contributed by atoms with Crippen molar-refractivity contribution in [1.29, 1.82) is 0 Å². The van der Waals surface area contributed by atoms with E-state index in [1.807, 2.05) is 35.0 Å². The summed E-state index contributed by atoms with van der Waals surface area (Å²) in [6.07, 6.45) is 8.28. The Morgan fingerprint density at radius 1 is 1.08 bits per heavy atom. The molecule has 5 rings (SSSR count). The lowest BCUT2D eigenvalue weighted by Crippen LogP contribution is -2.51. The number of benzene rings is 1. The van der Waals surface area contributed by atoms with Crippen LogP contribution in [0.2, 0.25) is 0 Å². The second-order valence-corrected chi connectivity index (χ2v) is 7.70.